The molecule has 1 atom stereocenters. The number of amides is 1. The Morgan fingerprint density at radius 2 is 2.11 bits per heavy atom. The zero-order valence-electron chi connectivity index (χ0n) is 11.4. The molecule has 0 aromatic rings. The van der Waals surface area contributed by atoms with Crippen LogP contribution in [0.15, 0.2) is 5.16 Å². The van der Waals surface area contributed by atoms with Gasteiger partial charge in [-0.2, -0.15) is 0 Å². The highest BCUT2D eigenvalue weighted by molar-refractivity contribution is 5.87. The van der Waals surface area contributed by atoms with E-state index in [9.17, 15) is 4.79 Å². The molecule has 3 N–H and O–H groups in total. The maximum absolute atomic E-state index is 12.4. The highest BCUT2D eigenvalue weighted by atomic mass is 16.4. The van der Waals surface area contributed by atoms with Gasteiger partial charge in [0, 0.05) is 12.0 Å². The van der Waals surface area contributed by atoms with Crippen molar-refractivity contribution in [3.63, 3.8) is 0 Å². The Labute approximate surface area is 109 Å². The van der Waals surface area contributed by atoms with Crippen LogP contribution in [0.1, 0.15) is 52.4 Å². The van der Waals surface area contributed by atoms with Crippen molar-refractivity contribution < 1.29 is 10.0 Å². The number of amidine groups is 1. The molecule has 1 saturated carbocycles. The van der Waals surface area contributed by atoms with Crippen molar-refractivity contribution in [1.82, 2.24) is 4.90 Å². The van der Waals surface area contributed by atoms with Gasteiger partial charge in [0.2, 0.25) is 5.91 Å². The van der Waals surface area contributed by atoms with E-state index in [1.807, 2.05) is 11.8 Å². The van der Waals surface area contributed by atoms with Crippen LogP contribution in [0.2, 0.25) is 0 Å². The Hall–Kier alpha value is -1.26. The van der Waals surface area contributed by atoms with Crippen molar-refractivity contribution in [3.8, 4) is 0 Å². The lowest BCUT2D eigenvalue weighted by Crippen LogP contribution is -2.46. The number of hydrogen-bond acceptors (Lipinski definition) is 3. The summed E-state index contributed by atoms with van der Waals surface area (Å²) in [6, 6.07) is 0.261. The van der Waals surface area contributed by atoms with Gasteiger partial charge in [0.15, 0.2) is 5.84 Å². The van der Waals surface area contributed by atoms with Gasteiger partial charge in [-0.3, -0.25) is 4.79 Å². The summed E-state index contributed by atoms with van der Waals surface area (Å²) in [7, 11) is 0. The molecule has 5 heteroatoms. The molecule has 104 valence electrons. The predicted octanol–water partition coefficient (Wildman–Crippen LogP) is 1.94. The van der Waals surface area contributed by atoms with Gasteiger partial charge in [0.05, 0.1) is 6.54 Å². The molecule has 1 amide bonds. The van der Waals surface area contributed by atoms with E-state index in [2.05, 4.69) is 12.1 Å². The molecule has 18 heavy (non-hydrogen) atoms. The standard InChI is InChI=1S/C13H25N3O2/c1-3-6-10(2)13(17)16(9-12(14)15-18)11-7-4-5-8-11/h10-11,18H,3-9H2,1-2H3,(H2,14,15). The molecule has 1 rings (SSSR count). The van der Waals surface area contributed by atoms with Crippen molar-refractivity contribution in [3.05, 3.63) is 0 Å². The average Bonchev–Trinajstić information content (AvgIpc) is 2.88. The van der Waals surface area contributed by atoms with Gasteiger partial charge in [-0.1, -0.05) is 38.3 Å². The van der Waals surface area contributed by atoms with Crippen LogP contribution < -0.4 is 5.73 Å². The molecule has 0 radical (unpaired) electrons. The fourth-order valence-corrected chi connectivity index (χ4v) is 2.65. The zero-order chi connectivity index (χ0) is 13.5. The third-order valence-corrected chi connectivity index (χ3v) is 3.65. The zero-order valence-corrected chi connectivity index (χ0v) is 11.4. The number of nitrogens with zero attached hydrogens (tertiary/aromatic N) is 2. The van der Waals surface area contributed by atoms with Crippen LogP contribution >= 0.6 is 0 Å². The van der Waals surface area contributed by atoms with E-state index in [1.165, 1.54) is 0 Å². The molecule has 0 aromatic heterocycles. The molecule has 0 bridgehead atoms. The Bertz CT molecular complexity index is 299. The largest absolute Gasteiger partial charge is 0.409 e. The summed E-state index contributed by atoms with van der Waals surface area (Å²) in [5.41, 5.74) is 5.56. The second-order valence-corrected chi connectivity index (χ2v) is 5.19. The number of nitrogens with two attached hydrogens (primary N) is 1. The van der Waals surface area contributed by atoms with Gasteiger partial charge >= 0.3 is 0 Å². The van der Waals surface area contributed by atoms with E-state index in [1.54, 1.807) is 0 Å². The van der Waals surface area contributed by atoms with Gasteiger partial charge in [-0.25, -0.2) is 0 Å². The van der Waals surface area contributed by atoms with Crippen molar-refractivity contribution >= 4 is 11.7 Å². The molecule has 0 aromatic carbocycles. The first kappa shape index (κ1) is 14.8. The SMILES string of the molecule is CCCC(C)C(=O)N(CC(N)=NO)C1CCCC1. The van der Waals surface area contributed by atoms with Gasteiger partial charge in [0.1, 0.15) is 0 Å². The minimum Gasteiger partial charge on any atom is -0.409 e. The molecule has 5 nitrogen and oxygen atoms in total. The van der Waals surface area contributed by atoms with Crippen LogP contribution in [0.25, 0.3) is 0 Å². The van der Waals surface area contributed by atoms with E-state index in [-0.39, 0.29) is 30.2 Å². The number of rotatable bonds is 6. The molecule has 0 spiro atoms. The van der Waals surface area contributed by atoms with E-state index >= 15 is 0 Å². The maximum Gasteiger partial charge on any atom is 0.226 e. The maximum atomic E-state index is 12.4. The minimum absolute atomic E-state index is 0.0158. The second-order valence-electron chi connectivity index (χ2n) is 5.19. The molecule has 0 heterocycles. The quantitative estimate of drug-likeness (QED) is 0.329. The van der Waals surface area contributed by atoms with E-state index in [4.69, 9.17) is 10.9 Å². The van der Waals surface area contributed by atoms with Crippen LogP contribution in [0, 0.1) is 5.92 Å². The first-order valence-electron chi connectivity index (χ1n) is 6.87. The third-order valence-electron chi connectivity index (χ3n) is 3.65. The Balaban J connectivity index is 2.72. The Kier molecular flexibility index (Phi) is 5.95. The summed E-state index contributed by atoms with van der Waals surface area (Å²) in [6.45, 7) is 4.28. The minimum atomic E-state index is 0.0158. The Morgan fingerprint density at radius 1 is 1.50 bits per heavy atom. The lowest BCUT2D eigenvalue weighted by Gasteiger charge is -2.30. The summed E-state index contributed by atoms with van der Waals surface area (Å²) in [5.74, 6) is 0.261. The first-order valence-corrected chi connectivity index (χ1v) is 6.87. The molecule has 1 aliphatic rings. The molecule has 1 aliphatic carbocycles. The van der Waals surface area contributed by atoms with Crippen molar-refractivity contribution in [2.75, 3.05) is 6.54 Å². The van der Waals surface area contributed by atoms with Crippen LogP contribution in [-0.4, -0.2) is 34.4 Å². The van der Waals surface area contributed by atoms with Gasteiger partial charge < -0.3 is 15.8 Å². The average molecular weight is 255 g/mol. The van der Waals surface area contributed by atoms with Gasteiger partial charge in [-0.15, -0.1) is 0 Å². The fourth-order valence-electron chi connectivity index (χ4n) is 2.65. The predicted molar refractivity (Wildman–Crippen MR) is 71.4 cm³/mol. The summed E-state index contributed by atoms with van der Waals surface area (Å²) in [4.78, 5) is 14.2. The summed E-state index contributed by atoms with van der Waals surface area (Å²) < 4.78 is 0. The van der Waals surface area contributed by atoms with E-state index in [0.29, 0.717) is 0 Å². The number of hydrogen-bond donors (Lipinski definition) is 2. The number of carbonyl (C=O) groups excluding carboxylic acids is 1. The molecule has 1 unspecified atom stereocenters. The molecule has 1 fully saturated rings. The van der Waals surface area contributed by atoms with Crippen molar-refractivity contribution in [2.45, 2.75) is 58.4 Å². The van der Waals surface area contributed by atoms with Crippen LogP contribution in [0.4, 0.5) is 0 Å². The molecular formula is C13H25N3O2. The van der Waals surface area contributed by atoms with Crippen molar-refractivity contribution in [1.29, 1.82) is 0 Å². The van der Waals surface area contributed by atoms with Crippen LogP contribution in [-0.2, 0) is 4.79 Å². The van der Waals surface area contributed by atoms with Gasteiger partial charge in [-0.05, 0) is 19.3 Å². The van der Waals surface area contributed by atoms with Crippen LogP contribution in [0.5, 0.6) is 0 Å². The van der Waals surface area contributed by atoms with Crippen LogP contribution in [0.3, 0.4) is 0 Å². The summed E-state index contributed by atoms with van der Waals surface area (Å²) in [6.07, 6.45) is 6.26. The lowest BCUT2D eigenvalue weighted by molar-refractivity contribution is -0.136. The Morgan fingerprint density at radius 3 is 2.61 bits per heavy atom. The highest BCUT2D eigenvalue weighted by Crippen LogP contribution is 2.25. The summed E-state index contributed by atoms with van der Waals surface area (Å²) in [5, 5.41) is 11.7. The normalized spacial score (nSPS) is 18.9. The highest BCUT2D eigenvalue weighted by Gasteiger charge is 2.29. The van der Waals surface area contributed by atoms with Gasteiger partial charge in [0.25, 0.3) is 0 Å². The second kappa shape index (κ2) is 7.24. The molecular weight excluding hydrogens is 230 g/mol. The number of oxime groups is 1. The smallest absolute Gasteiger partial charge is 0.226 e. The first-order chi connectivity index (χ1) is 8.60. The fraction of sp³-hybridized carbons (Fsp3) is 0.846. The monoisotopic (exact) mass is 255 g/mol. The van der Waals surface area contributed by atoms with E-state index in [0.717, 1.165) is 38.5 Å². The third kappa shape index (κ3) is 3.89. The molecule has 0 aliphatic heterocycles. The number of carbonyl (C=O) groups is 1. The molecule has 0 saturated heterocycles. The topological polar surface area (TPSA) is 78.9 Å². The van der Waals surface area contributed by atoms with Crippen molar-refractivity contribution in [2.24, 2.45) is 16.8 Å². The lowest BCUT2D eigenvalue weighted by atomic mass is 10.0. The van der Waals surface area contributed by atoms with E-state index < -0.39 is 0 Å². The summed E-state index contributed by atoms with van der Waals surface area (Å²) >= 11 is 0.